The smallest absolute Gasteiger partial charge is 0.323 e. The first-order valence-corrected chi connectivity index (χ1v) is 11.7. The maximum absolute atomic E-state index is 15.2. The Morgan fingerprint density at radius 2 is 1.82 bits per heavy atom. The molecule has 5 rings (SSSR count). The molecular weight excluding hydrogens is 451 g/mol. The van der Waals surface area contributed by atoms with Gasteiger partial charge in [0, 0.05) is 40.6 Å². The number of fused-ring (bicyclic) bond motifs is 1. The van der Waals surface area contributed by atoms with Crippen LogP contribution >= 0.6 is 11.3 Å². The first kappa shape index (κ1) is 21.8. The van der Waals surface area contributed by atoms with E-state index in [-0.39, 0.29) is 5.91 Å². The van der Waals surface area contributed by atoms with Crippen LogP contribution in [0.1, 0.15) is 28.4 Å². The monoisotopic (exact) mass is 472 g/mol. The van der Waals surface area contributed by atoms with Gasteiger partial charge in [0.15, 0.2) is 0 Å². The first-order valence-electron chi connectivity index (χ1n) is 10.8. The largest absolute Gasteiger partial charge is 0.348 e. The van der Waals surface area contributed by atoms with Gasteiger partial charge >= 0.3 is 6.03 Å². The van der Waals surface area contributed by atoms with E-state index in [0.29, 0.717) is 34.6 Å². The summed E-state index contributed by atoms with van der Waals surface area (Å²) in [5, 5.41) is 10.9. The standard InChI is InChI=1S/C26H21FN4O2S/c1-2-15-4-3-5-16(12-15)30-26(33)31-17-6-7-19(22(27)13-17)18-8-9-20(25-28-10-11-34-25)23-21(18)14-29-24(23)32/h3-13H,2,14H2,1H3,(H,29,32)(H2,30,31,33). The van der Waals surface area contributed by atoms with E-state index in [4.69, 9.17) is 0 Å². The summed E-state index contributed by atoms with van der Waals surface area (Å²) in [5.41, 5.74) is 5.12. The molecule has 6 nitrogen and oxygen atoms in total. The summed E-state index contributed by atoms with van der Waals surface area (Å²) in [7, 11) is 0. The highest BCUT2D eigenvalue weighted by atomic mass is 32.1. The number of amides is 3. The van der Waals surface area contributed by atoms with Gasteiger partial charge in [-0.15, -0.1) is 11.3 Å². The fourth-order valence-electron chi connectivity index (χ4n) is 4.11. The van der Waals surface area contributed by atoms with Crippen LogP contribution in [0.4, 0.5) is 20.6 Å². The Labute approximate surface area is 199 Å². The number of urea groups is 1. The fraction of sp³-hybridized carbons (Fsp3) is 0.115. The number of nitrogens with zero attached hydrogens (tertiary/aromatic N) is 1. The van der Waals surface area contributed by atoms with Gasteiger partial charge in [-0.25, -0.2) is 14.2 Å². The third-order valence-corrected chi connectivity index (χ3v) is 6.55. The number of aryl methyl sites for hydroxylation is 1. The van der Waals surface area contributed by atoms with Crippen molar-refractivity contribution in [3.05, 3.63) is 88.7 Å². The zero-order valence-corrected chi connectivity index (χ0v) is 19.1. The lowest BCUT2D eigenvalue weighted by Gasteiger charge is -2.13. The summed E-state index contributed by atoms with van der Waals surface area (Å²) in [6.45, 7) is 2.36. The Morgan fingerprint density at radius 1 is 1.06 bits per heavy atom. The average Bonchev–Trinajstić information content (AvgIpc) is 3.50. The summed E-state index contributed by atoms with van der Waals surface area (Å²) < 4.78 is 15.2. The van der Waals surface area contributed by atoms with Gasteiger partial charge in [0.05, 0.1) is 5.56 Å². The van der Waals surface area contributed by atoms with Crippen molar-refractivity contribution in [2.75, 3.05) is 10.6 Å². The van der Waals surface area contributed by atoms with E-state index in [1.807, 2.05) is 36.6 Å². The summed E-state index contributed by atoms with van der Waals surface area (Å²) in [6.07, 6.45) is 2.55. The maximum atomic E-state index is 15.2. The molecule has 2 heterocycles. The minimum atomic E-state index is -0.491. The highest BCUT2D eigenvalue weighted by Gasteiger charge is 2.28. The third kappa shape index (κ3) is 4.15. The molecule has 0 unspecified atom stereocenters. The predicted octanol–water partition coefficient (Wildman–Crippen LogP) is 6.07. The van der Waals surface area contributed by atoms with Gasteiger partial charge in [0.2, 0.25) is 0 Å². The molecule has 3 aromatic carbocycles. The van der Waals surface area contributed by atoms with Crippen molar-refractivity contribution in [2.45, 2.75) is 19.9 Å². The number of carbonyl (C=O) groups excluding carboxylic acids is 2. The Bertz CT molecular complexity index is 1400. The van der Waals surface area contributed by atoms with E-state index in [1.54, 1.807) is 30.5 Å². The lowest BCUT2D eigenvalue weighted by Crippen LogP contribution is -2.19. The van der Waals surface area contributed by atoms with Crippen LogP contribution in [0.3, 0.4) is 0 Å². The number of benzene rings is 3. The Morgan fingerprint density at radius 3 is 2.56 bits per heavy atom. The lowest BCUT2D eigenvalue weighted by molar-refractivity contribution is 0.0966. The molecular formula is C26H21FN4O2S. The number of hydrogen-bond acceptors (Lipinski definition) is 4. The number of thiazole rings is 1. The van der Waals surface area contributed by atoms with Crippen LogP contribution in [-0.4, -0.2) is 16.9 Å². The van der Waals surface area contributed by atoms with Gasteiger partial charge < -0.3 is 16.0 Å². The minimum absolute atomic E-state index is 0.190. The maximum Gasteiger partial charge on any atom is 0.323 e. The van der Waals surface area contributed by atoms with Crippen molar-refractivity contribution in [1.29, 1.82) is 0 Å². The van der Waals surface area contributed by atoms with Crippen LogP contribution in [0, 0.1) is 5.82 Å². The molecule has 3 amide bonds. The van der Waals surface area contributed by atoms with Crippen LogP contribution in [-0.2, 0) is 13.0 Å². The third-order valence-electron chi connectivity index (χ3n) is 5.74. The van der Waals surface area contributed by atoms with Gasteiger partial charge in [0.25, 0.3) is 5.91 Å². The fourth-order valence-corrected chi connectivity index (χ4v) is 4.78. The van der Waals surface area contributed by atoms with Crippen LogP contribution in [0.25, 0.3) is 21.7 Å². The van der Waals surface area contributed by atoms with E-state index < -0.39 is 11.8 Å². The molecule has 0 radical (unpaired) electrons. The van der Waals surface area contributed by atoms with E-state index >= 15 is 4.39 Å². The highest BCUT2D eigenvalue weighted by Crippen LogP contribution is 2.38. The summed E-state index contributed by atoms with van der Waals surface area (Å²) in [5.74, 6) is -0.682. The van der Waals surface area contributed by atoms with Crippen molar-refractivity contribution >= 4 is 34.6 Å². The molecule has 0 atom stereocenters. The van der Waals surface area contributed by atoms with Crippen LogP contribution in [0.5, 0.6) is 0 Å². The first-order chi connectivity index (χ1) is 16.5. The van der Waals surface area contributed by atoms with Gasteiger partial charge in [-0.05, 0) is 53.4 Å². The van der Waals surface area contributed by atoms with Crippen molar-refractivity contribution < 1.29 is 14.0 Å². The van der Waals surface area contributed by atoms with Crippen molar-refractivity contribution in [1.82, 2.24) is 10.3 Å². The molecule has 1 aliphatic heterocycles. The van der Waals surface area contributed by atoms with Crippen LogP contribution in [0.15, 0.2) is 66.2 Å². The normalized spacial score (nSPS) is 12.2. The van der Waals surface area contributed by atoms with E-state index in [9.17, 15) is 9.59 Å². The summed E-state index contributed by atoms with van der Waals surface area (Å²) in [6, 6.07) is 15.3. The van der Waals surface area contributed by atoms with Gasteiger partial charge in [-0.1, -0.05) is 31.2 Å². The molecule has 34 heavy (non-hydrogen) atoms. The predicted molar refractivity (Wildman–Crippen MR) is 133 cm³/mol. The molecule has 0 spiro atoms. The molecule has 0 fully saturated rings. The molecule has 4 aromatic rings. The number of halogens is 1. The molecule has 8 heteroatoms. The SMILES string of the molecule is CCc1cccc(NC(=O)Nc2ccc(-c3ccc(-c4nccs4)c4c3CNC4=O)c(F)c2)c1. The average molecular weight is 473 g/mol. The van der Waals surface area contributed by atoms with Crippen molar-refractivity contribution in [3.8, 4) is 21.7 Å². The van der Waals surface area contributed by atoms with Crippen LogP contribution < -0.4 is 16.0 Å². The molecule has 0 aliphatic carbocycles. The Balaban J connectivity index is 1.40. The molecule has 0 saturated carbocycles. The number of anilines is 2. The van der Waals surface area contributed by atoms with E-state index in [0.717, 1.165) is 28.1 Å². The molecule has 0 saturated heterocycles. The van der Waals surface area contributed by atoms with E-state index in [1.165, 1.54) is 17.4 Å². The molecule has 1 aliphatic rings. The van der Waals surface area contributed by atoms with Gasteiger partial charge in [-0.2, -0.15) is 0 Å². The number of nitrogens with one attached hydrogen (secondary N) is 3. The quantitative estimate of drug-likeness (QED) is 0.330. The highest BCUT2D eigenvalue weighted by molar-refractivity contribution is 7.13. The number of hydrogen-bond donors (Lipinski definition) is 3. The molecule has 0 bridgehead atoms. The number of rotatable bonds is 5. The van der Waals surface area contributed by atoms with Crippen molar-refractivity contribution in [2.24, 2.45) is 0 Å². The van der Waals surface area contributed by atoms with Gasteiger partial charge in [-0.3, -0.25) is 4.79 Å². The number of carbonyl (C=O) groups is 2. The molecule has 170 valence electrons. The van der Waals surface area contributed by atoms with Crippen molar-refractivity contribution in [3.63, 3.8) is 0 Å². The second-order valence-corrected chi connectivity index (χ2v) is 8.76. The minimum Gasteiger partial charge on any atom is -0.348 e. The summed E-state index contributed by atoms with van der Waals surface area (Å²) in [4.78, 5) is 29.2. The Kier molecular flexibility index (Phi) is 5.81. The van der Waals surface area contributed by atoms with Gasteiger partial charge in [0.1, 0.15) is 10.8 Å². The second-order valence-electron chi connectivity index (χ2n) is 7.86. The summed E-state index contributed by atoms with van der Waals surface area (Å²) >= 11 is 1.45. The lowest BCUT2D eigenvalue weighted by atomic mass is 9.93. The second kappa shape index (κ2) is 9.07. The zero-order valence-electron chi connectivity index (χ0n) is 18.3. The zero-order chi connectivity index (χ0) is 23.7. The topological polar surface area (TPSA) is 83.1 Å². The Hall–Kier alpha value is -4.04. The molecule has 3 N–H and O–H groups in total. The van der Waals surface area contributed by atoms with E-state index in [2.05, 4.69) is 20.9 Å². The van der Waals surface area contributed by atoms with Crippen LogP contribution in [0.2, 0.25) is 0 Å². The molecule has 1 aromatic heterocycles. The number of aromatic nitrogens is 1.